The van der Waals surface area contributed by atoms with Gasteiger partial charge in [0.2, 0.25) is 17.1 Å². The van der Waals surface area contributed by atoms with Crippen molar-refractivity contribution in [2.24, 2.45) is 0 Å². The Labute approximate surface area is 152 Å². The summed E-state index contributed by atoms with van der Waals surface area (Å²) in [6.45, 7) is 0.342. The van der Waals surface area contributed by atoms with Gasteiger partial charge in [-0.25, -0.2) is 8.78 Å². The molecule has 1 aliphatic carbocycles. The Morgan fingerprint density at radius 2 is 1.63 bits per heavy atom. The summed E-state index contributed by atoms with van der Waals surface area (Å²) in [7, 11) is 0. The first-order valence-corrected chi connectivity index (χ1v) is 8.84. The Bertz CT molecular complexity index is 963. The molecule has 0 radical (unpaired) electrons. The lowest BCUT2D eigenvalue weighted by atomic mass is 10.1. The standard InChI is InChI=1S/C19H16F2N2O4/c20-11-3-4-12(21)18-17(11)26-14-7-23(8-15(14)27-18)19(25)10-5-13(9-1-2-9)22-16(24)6-10/h3-6,9,14-15H,1-2,7-8H2,(H,22,24)/t14-,15+. The van der Waals surface area contributed by atoms with E-state index in [1.807, 2.05) is 0 Å². The van der Waals surface area contributed by atoms with E-state index in [0.29, 0.717) is 11.5 Å². The first-order chi connectivity index (χ1) is 13.0. The summed E-state index contributed by atoms with van der Waals surface area (Å²) in [5.74, 6) is -1.97. The SMILES string of the molecule is O=C(c1cc(C2CC2)[nH]c(=O)c1)N1C[C@@H]2Oc3c(F)ccc(F)c3O[C@@H]2C1. The molecular weight excluding hydrogens is 358 g/mol. The van der Waals surface area contributed by atoms with Gasteiger partial charge in [-0.1, -0.05) is 0 Å². The fraction of sp³-hybridized carbons (Fsp3) is 0.368. The van der Waals surface area contributed by atoms with Crippen LogP contribution in [0.5, 0.6) is 11.5 Å². The number of hydrogen-bond acceptors (Lipinski definition) is 4. The molecule has 1 aromatic heterocycles. The molecule has 8 heteroatoms. The zero-order chi connectivity index (χ0) is 18.7. The van der Waals surface area contributed by atoms with Gasteiger partial charge < -0.3 is 19.4 Å². The van der Waals surface area contributed by atoms with E-state index in [2.05, 4.69) is 4.98 Å². The van der Waals surface area contributed by atoms with Gasteiger partial charge in [-0.05, 0) is 37.0 Å². The van der Waals surface area contributed by atoms with Crippen molar-refractivity contribution in [3.63, 3.8) is 0 Å². The minimum absolute atomic E-state index is 0.171. The highest BCUT2D eigenvalue weighted by Crippen LogP contribution is 2.41. The van der Waals surface area contributed by atoms with Gasteiger partial charge in [0.05, 0.1) is 13.1 Å². The van der Waals surface area contributed by atoms with Gasteiger partial charge in [0.25, 0.3) is 5.91 Å². The Morgan fingerprint density at radius 3 is 2.19 bits per heavy atom. The number of aromatic amines is 1. The van der Waals surface area contributed by atoms with Crippen LogP contribution in [-0.4, -0.2) is 41.1 Å². The lowest BCUT2D eigenvalue weighted by Gasteiger charge is -2.28. The minimum Gasteiger partial charge on any atom is -0.478 e. The summed E-state index contributed by atoms with van der Waals surface area (Å²) in [6, 6.07) is 4.93. The number of nitrogens with one attached hydrogen (secondary N) is 1. The molecule has 1 aromatic carbocycles. The smallest absolute Gasteiger partial charge is 0.254 e. The summed E-state index contributed by atoms with van der Waals surface area (Å²) in [4.78, 5) is 29.0. The number of carbonyl (C=O) groups is 1. The van der Waals surface area contributed by atoms with Crippen LogP contribution in [-0.2, 0) is 0 Å². The Balaban J connectivity index is 1.39. The molecule has 0 spiro atoms. The number of halogens is 2. The average molecular weight is 374 g/mol. The number of fused-ring (bicyclic) bond motifs is 2. The second kappa shape index (κ2) is 5.80. The van der Waals surface area contributed by atoms with Crippen molar-refractivity contribution in [1.29, 1.82) is 0 Å². The van der Waals surface area contributed by atoms with Crippen LogP contribution in [0.25, 0.3) is 0 Å². The third-order valence-corrected chi connectivity index (χ3v) is 5.19. The van der Waals surface area contributed by atoms with Gasteiger partial charge in [-0.2, -0.15) is 0 Å². The van der Waals surface area contributed by atoms with E-state index in [1.54, 1.807) is 6.07 Å². The molecule has 2 fully saturated rings. The van der Waals surface area contributed by atoms with E-state index in [0.717, 1.165) is 30.7 Å². The minimum atomic E-state index is -0.710. The Kier molecular flexibility index (Phi) is 3.50. The van der Waals surface area contributed by atoms with Crippen LogP contribution in [0.4, 0.5) is 8.78 Å². The third kappa shape index (κ3) is 2.75. The Morgan fingerprint density at radius 1 is 1.04 bits per heavy atom. The van der Waals surface area contributed by atoms with Crippen LogP contribution >= 0.6 is 0 Å². The highest BCUT2D eigenvalue weighted by molar-refractivity contribution is 5.94. The number of hydrogen-bond donors (Lipinski definition) is 1. The summed E-state index contributed by atoms with van der Waals surface area (Å²) in [5, 5.41) is 0. The molecule has 1 N–H and O–H groups in total. The second-order valence-electron chi connectivity index (χ2n) is 7.17. The molecule has 1 saturated carbocycles. The summed E-state index contributed by atoms with van der Waals surface area (Å²) in [6.07, 6.45) is 0.808. The molecule has 27 heavy (non-hydrogen) atoms. The van der Waals surface area contributed by atoms with Crippen molar-refractivity contribution in [3.8, 4) is 11.5 Å². The molecule has 2 atom stereocenters. The largest absolute Gasteiger partial charge is 0.478 e. The van der Waals surface area contributed by atoms with Crippen molar-refractivity contribution in [2.45, 2.75) is 31.0 Å². The van der Waals surface area contributed by atoms with E-state index in [1.165, 1.54) is 11.0 Å². The number of H-pyrrole nitrogens is 1. The highest BCUT2D eigenvalue weighted by Gasteiger charge is 2.44. The summed E-state index contributed by atoms with van der Waals surface area (Å²) >= 11 is 0. The number of benzene rings is 1. The predicted octanol–water partition coefficient (Wildman–Crippen LogP) is 2.19. The van der Waals surface area contributed by atoms with Crippen molar-refractivity contribution in [2.75, 3.05) is 13.1 Å². The van der Waals surface area contributed by atoms with Gasteiger partial charge >= 0.3 is 0 Å². The van der Waals surface area contributed by atoms with Gasteiger partial charge in [0.15, 0.2) is 23.8 Å². The van der Waals surface area contributed by atoms with Crippen LogP contribution < -0.4 is 15.0 Å². The van der Waals surface area contributed by atoms with Crippen molar-refractivity contribution >= 4 is 5.91 Å². The molecule has 2 aromatic rings. The molecule has 6 nitrogen and oxygen atoms in total. The molecule has 0 bridgehead atoms. The van der Waals surface area contributed by atoms with Crippen LogP contribution in [0.2, 0.25) is 0 Å². The summed E-state index contributed by atoms with van der Waals surface area (Å²) < 4.78 is 39.0. The topological polar surface area (TPSA) is 71.6 Å². The predicted molar refractivity (Wildman–Crippen MR) is 90.1 cm³/mol. The maximum absolute atomic E-state index is 13.9. The molecule has 3 aliphatic rings. The number of amides is 1. The number of carbonyl (C=O) groups excluding carboxylic acids is 1. The molecule has 5 rings (SSSR count). The molecule has 3 heterocycles. The van der Waals surface area contributed by atoms with Crippen molar-refractivity contribution in [3.05, 3.63) is 57.5 Å². The fourth-order valence-electron chi connectivity index (χ4n) is 3.66. The number of pyridine rings is 1. The van der Waals surface area contributed by atoms with Crippen LogP contribution in [0.3, 0.4) is 0 Å². The van der Waals surface area contributed by atoms with E-state index in [-0.39, 0.29) is 36.1 Å². The van der Waals surface area contributed by atoms with Crippen molar-refractivity contribution < 1.29 is 23.0 Å². The zero-order valence-corrected chi connectivity index (χ0v) is 14.2. The van der Waals surface area contributed by atoms with E-state index in [9.17, 15) is 18.4 Å². The number of aromatic nitrogens is 1. The molecule has 0 unspecified atom stereocenters. The first-order valence-electron chi connectivity index (χ1n) is 8.84. The van der Waals surface area contributed by atoms with Crippen LogP contribution in [0.1, 0.15) is 34.8 Å². The maximum Gasteiger partial charge on any atom is 0.254 e. The van der Waals surface area contributed by atoms with E-state index in [4.69, 9.17) is 9.47 Å². The Hall–Kier alpha value is -2.90. The number of likely N-dealkylation sites (tertiary alicyclic amines) is 1. The average Bonchev–Trinajstić information content (AvgIpc) is 3.42. The van der Waals surface area contributed by atoms with E-state index >= 15 is 0 Å². The number of rotatable bonds is 2. The normalized spacial score (nSPS) is 23.3. The molecular formula is C19H16F2N2O4. The van der Waals surface area contributed by atoms with E-state index < -0.39 is 23.8 Å². The van der Waals surface area contributed by atoms with Gasteiger partial charge in [-0.15, -0.1) is 0 Å². The van der Waals surface area contributed by atoms with Gasteiger partial charge in [0.1, 0.15) is 0 Å². The lowest BCUT2D eigenvalue weighted by Crippen LogP contribution is -2.39. The summed E-state index contributed by atoms with van der Waals surface area (Å²) in [5.41, 5.74) is 0.754. The van der Waals surface area contributed by atoms with Gasteiger partial charge in [0, 0.05) is 17.3 Å². The number of ether oxygens (including phenoxy) is 2. The quantitative estimate of drug-likeness (QED) is 0.875. The maximum atomic E-state index is 13.9. The molecule has 2 aliphatic heterocycles. The lowest BCUT2D eigenvalue weighted by molar-refractivity contribution is 0.0467. The third-order valence-electron chi connectivity index (χ3n) is 5.19. The number of nitrogens with zero attached hydrogens (tertiary/aromatic N) is 1. The van der Waals surface area contributed by atoms with Crippen molar-refractivity contribution in [1.82, 2.24) is 9.88 Å². The first kappa shape index (κ1) is 16.3. The van der Waals surface area contributed by atoms with Gasteiger partial charge in [-0.3, -0.25) is 9.59 Å². The van der Waals surface area contributed by atoms with Crippen LogP contribution in [0, 0.1) is 11.6 Å². The molecule has 1 saturated heterocycles. The van der Waals surface area contributed by atoms with Crippen LogP contribution in [0.15, 0.2) is 29.1 Å². The second-order valence-corrected chi connectivity index (χ2v) is 7.17. The monoisotopic (exact) mass is 374 g/mol. The highest BCUT2D eigenvalue weighted by atomic mass is 19.1. The fourth-order valence-corrected chi connectivity index (χ4v) is 3.66. The molecule has 140 valence electrons. The zero-order valence-electron chi connectivity index (χ0n) is 14.2. The molecule has 1 amide bonds.